The van der Waals surface area contributed by atoms with Gasteiger partial charge < -0.3 is 20.4 Å². The predicted molar refractivity (Wildman–Crippen MR) is 145 cm³/mol. The summed E-state index contributed by atoms with van der Waals surface area (Å²) in [6.45, 7) is 8.52. The van der Waals surface area contributed by atoms with E-state index < -0.39 is 5.41 Å². The summed E-state index contributed by atoms with van der Waals surface area (Å²) in [5, 5.41) is 8.47. The molecule has 35 heavy (non-hydrogen) atoms. The number of carbonyl (C=O) groups excluding carboxylic acids is 2. The lowest BCUT2D eigenvalue weighted by molar-refractivity contribution is -0.125. The molecule has 4 rings (SSSR count). The highest BCUT2D eigenvalue weighted by Gasteiger charge is 2.38. The Kier molecular flexibility index (Phi) is 8.06. The Morgan fingerprint density at radius 3 is 2.74 bits per heavy atom. The van der Waals surface area contributed by atoms with Gasteiger partial charge in [-0.15, -0.1) is 18.3 Å². The molecule has 6 nitrogen and oxygen atoms in total. The van der Waals surface area contributed by atoms with E-state index in [4.69, 9.17) is 0 Å². The van der Waals surface area contributed by atoms with E-state index in [0.717, 1.165) is 43.9 Å². The van der Waals surface area contributed by atoms with Crippen LogP contribution in [0.5, 0.6) is 0 Å². The fourth-order valence-corrected chi connectivity index (χ4v) is 6.26. The van der Waals surface area contributed by atoms with Gasteiger partial charge in [-0.25, -0.2) is 0 Å². The number of hydrogen-bond donors (Lipinski definition) is 2. The fraction of sp³-hybridized carbons (Fsp3) is 0.429. The van der Waals surface area contributed by atoms with Gasteiger partial charge in [-0.1, -0.05) is 36.4 Å². The molecule has 1 aromatic carbocycles. The quantitative estimate of drug-likeness (QED) is 0.406. The third kappa shape index (κ3) is 5.50. The van der Waals surface area contributed by atoms with Crippen LogP contribution in [0.15, 0.2) is 72.6 Å². The Labute approximate surface area is 213 Å². The minimum absolute atomic E-state index is 0.0382. The van der Waals surface area contributed by atoms with Crippen molar-refractivity contribution in [1.29, 1.82) is 0 Å². The van der Waals surface area contributed by atoms with E-state index in [2.05, 4.69) is 51.8 Å². The van der Waals surface area contributed by atoms with Gasteiger partial charge >= 0.3 is 0 Å². The Bertz CT molecular complexity index is 1040. The minimum atomic E-state index is -0.779. The lowest BCUT2D eigenvalue weighted by Gasteiger charge is -2.32. The van der Waals surface area contributed by atoms with Crippen LogP contribution in [-0.2, 0) is 9.59 Å². The summed E-state index contributed by atoms with van der Waals surface area (Å²) in [7, 11) is 1.83. The van der Waals surface area contributed by atoms with Gasteiger partial charge in [-0.2, -0.15) is 0 Å². The Morgan fingerprint density at radius 1 is 1.23 bits per heavy atom. The molecule has 0 aromatic heterocycles. The van der Waals surface area contributed by atoms with Crippen molar-refractivity contribution in [3.8, 4) is 0 Å². The van der Waals surface area contributed by atoms with E-state index in [0.29, 0.717) is 24.1 Å². The van der Waals surface area contributed by atoms with Crippen LogP contribution in [0, 0.1) is 11.3 Å². The minimum Gasteiger partial charge on any atom is -0.375 e. The number of amides is 2. The van der Waals surface area contributed by atoms with E-state index in [1.165, 1.54) is 5.56 Å². The molecule has 186 valence electrons. The summed E-state index contributed by atoms with van der Waals surface area (Å²) in [5.41, 5.74) is 1.44. The van der Waals surface area contributed by atoms with E-state index in [1.807, 2.05) is 42.8 Å². The molecule has 7 heteroatoms. The predicted octanol–water partition coefficient (Wildman–Crippen LogP) is 4.71. The van der Waals surface area contributed by atoms with Gasteiger partial charge in [-0.3, -0.25) is 9.59 Å². The number of thioether (sulfide) groups is 1. The summed E-state index contributed by atoms with van der Waals surface area (Å²) in [6.07, 6.45) is 12.7. The van der Waals surface area contributed by atoms with Crippen molar-refractivity contribution < 1.29 is 9.59 Å². The van der Waals surface area contributed by atoms with Gasteiger partial charge in [0.25, 0.3) is 5.91 Å². The molecule has 0 bridgehead atoms. The average Bonchev–Trinajstić information content (AvgIpc) is 3.55. The van der Waals surface area contributed by atoms with Crippen molar-refractivity contribution >= 4 is 29.3 Å². The van der Waals surface area contributed by atoms with Gasteiger partial charge in [-0.05, 0) is 55.6 Å². The number of rotatable bonds is 8. The highest BCUT2D eigenvalue weighted by molar-refractivity contribution is 8.02. The first-order chi connectivity index (χ1) is 17.0. The molecule has 0 saturated carbocycles. The molecule has 1 fully saturated rings. The van der Waals surface area contributed by atoms with Crippen LogP contribution in [0.1, 0.15) is 43.4 Å². The number of benzene rings is 1. The number of nitrogens with one attached hydrogen (secondary N) is 2. The van der Waals surface area contributed by atoms with E-state index in [-0.39, 0.29) is 11.8 Å². The number of nitrogens with zero attached hydrogens (tertiary/aromatic N) is 2. The topological polar surface area (TPSA) is 64.7 Å². The van der Waals surface area contributed by atoms with Gasteiger partial charge in [0.15, 0.2) is 0 Å². The van der Waals surface area contributed by atoms with Crippen LogP contribution in [0.2, 0.25) is 0 Å². The number of para-hydroxylation sites is 1. The second kappa shape index (κ2) is 11.2. The number of allylic oxidation sites excluding steroid dienone is 2. The Morgan fingerprint density at radius 2 is 2.00 bits per heavy atom. The summed E-state index contributed by atoms with van der Waals surface area (Å²) in [5.74, 6) is 1.12. The number of anilines is 1. The second-order valence-electron chi connectivity index (χ2n) is 9.56. The standard InChI is InChI=1S/C28H36N4O2S/c1-4-28(2,14-9-15-30-25(33)20-24(29-3)31-16-7-8-17-31)27(34)32-18-12-21-13-19-35-26(21)22-10-5-6-11-23(22)32/h4-6,9-11,13,15,19-21,26,29H,1,7-8,12,14,16-18H2,2-3H3,(H,30,33)/b15-9+,24-20-. The first kappa shape index (κ1) is 25.2. The maximum atomic E-state index is 13.8. The molecule has 3 heterocycles. The lowest BCUT2D eigenvalue weighted by Crippen LogP contribution is -2.42. The average molecular weight is 493 g/mol. The van der Waals surface area contributed by atoms with Crippen LogP contribution < -0.4 is 15.5 Å². The van der Waals surface area contributed by atoms with Crippen LogP contribution in [0.25, 0.3) is 0 Å². The normalized spacial score (nSPS) is 23.4. The zero-order chi connectivity index (χ0) is 24.8. The molecule has 1 saturated heterocycles. The lowest BCUT2D eigenvalue weighted by atomic mass is 9.85. The van der Waals surface area contributed by atoms with Gasteiger partial charge in [0.2, 0.25) is 5.91 Å². The second-order valence-corrected chi connectivity index (χ2v) is 10.6. The molecule has 2 amide bonds. The van der Waals surface area contributed by atoms with Crippen LogP contribution in [0.4, 0.5) is 5.69 Å². The molecule has 1 aromatic rings. The summed E-state index contributed by atoms with van der Waals surface area (Å²) in [4.78, 5) is 30.4. The third-order valence-corrected chi connectivity index (χ3v) is 8.41. The fourth-order valence-electron chi connectivity index (χ4n) is 5.02. The van der Waals surface area contributed by atoms with E-state index in [1.54, 1.807) is 18.4 Å². The SMILES string of the molecule is C=CC(C)(C/C=C/NC(=O)/C=C(/NC)N1CCCC1)C(=O)N1CCC2C=CSC2c2ccccc21. The summed E-state index contributed by atoms with van der Waals surface area (Å²) < 4.78 is 0. The van der Waals surface area contributed by atoms with E-state index in [9.17, 15) is 9.59 Å². The van der Waals surface area contributed by atoms with Crippen molar-refractivity contribution in [2.75, 3.05) is 31.6 Å². The number of fused-ring (bicyclic) bond motifs is 3. The molecule has 0 radical (unpaired) electrons. The largest absolute Gasteiger partial charge is 0.375 e. The van der Waals surface area contributed by atoms with Gasteiger partial charge in [0.1, 0.15) is 5.82 Å². The van der Waals surface area contributed by atoms with Crippen molar-refractivity contribution in [2.45, 2.75) is 37.9 Å². The van der Waals surface area contributed by atoms with Crippen LogP contribution in [0.3, 0.4) is 0 Å². The maximum absolute atomic E-state index is 13.8. The van der Waals surface area contributed by atoms with Gasteiger partial charge in [0.05, 0.1) is 5.41 Å². The molecule has 0 spiro atoms. The number of likely N-dealkylation sites (tertiary alicyclic amines) is 1. The monoisotopic (exact) mass is 492 g/mol. The molecule has 2 N–H and O–H groups in total. The van der Waals surface area contributed by atoms with E-state index >= 15 is 0 Å². The maximum Gasteiger partial charge on any atom is 0.251 e. The summed E-state index contributed by atoms with van der Waals surface area (Å²) >= 11 is 1.84. The van der Waals surface area contributed by atoms with Crippen molar-refractivity contribution in [3.63, 3.8) is 0 Å². The number of hydrogen-bond acceptors (Lipinski definition) is 5. The van der Waals surface area contributed by atoms with Crippen molar-refractivity contribution in [3.05, 3.63) is 78.1 Å². The van der Waals surface area contributed by atoms with Crippen LogP contribution >= 0.6 is 11.8 Å². The number of carbonyl (C=O) groups is 2. The molecule has 3 aliphatic heterocycles. The third-order valence-electron chi connectivity index (χ3n) is 7.20. The highest BCUT2D eigenvalue weighted by Crippen LogP contribution is 2.50. The van der Waals surface area contributed by atoms with Gasteiger partial charge in [0, 0.05) is 49.9 Å². The molecular weight excluding hydrogens is 456 g/mol. The molecular formula is C28H36N4O2S. The zero-order valence-electron chi connectivity index (χ0n) is 20.7. The highest BCUT2D eigenvalue weighted by atomic mass is 32.2. The van der Waals surface area contributed by atoms with Crippen molar-refractivity contribution in [1.82, 2.24) is 15.5 Å². The first-order valence-electron chi connectivity index (χ1n) is 12.4. The molecule has 0 aliphatic carbocycles. The van der Waals surface area contributed by atoms with Crippen molar-refractivity contribution in [2.24, 2.45) is 11.3 Å². The van der Waals surface area contributed by atoms with Crippen LogP contribution in [-0.4, -0.2) is 43.4 Å². The Hall–Kier alpha value is -2.93. The smallest absolute Gasteiger partial charge is 0.251 e. The Balaban J connectivity index is 1.43. The molecule has 3 atom stereocenters. The first-order valence-corrected chi connectivity index (χ1v) is 13.4. The zero-order valence-corrected chi connectivity index (χ0v) is 21.5. The molecule has 3 unspecified atom stereocenters. The summed E-state index contributed by atoms with van der Waals surface area (Å²) in [6, 6.07) is 8.26. The molecule has 3 aliphatic rings.